The lowest BCUT2D eigenvalue weighted by atomic mass is 9.87. The van der Waals surface area contributed by atoms with Crippen LogP contribution in [-0.4, -0.2) is 16.2 Å². The molecule has 0 aliphatic carbocycles. The van der Waals surface area contributed by atoms with Crippen molar-refractivity contribution in [3.63, 3.8) is 0 Å². The van der Waals surface area contributed by atoms with Crippen LogP contribution in [0.5, 0.6) is 5.75 Å². The van der Waals surface area contributed by atoms with E-state index >= 15 is 0 Å². The van der Waals surface area contributed by atoms with Crippen LogP contribution < -0.4 is 5.32 Å². The van der Waals surface area contributed by atoms with Gasteiger partial charge in [-0.3, -0.25) is 4.79 Å². The van der Waals surface area contributed by atoms with E-state index in [0.29, 0.717) is 17.1 Å². The summed E-state index contributed by atoms with van der Waals surface area (Å²) in [6.07, 6.45) is 0.167. The SMILES string of the molecule is Cc1noc(C)c1CC(=O)Nc1cc(C(C)(C)C)ccc1O. The lowest BCUT2D eigenvalue weighted by molar-refractivity contribution is -0.115. The Labute approximate surface area is 130 Å². The molecule has 1 aromatic carbocycles. The maximum absolute atomic E-state index is 12.2. The number of benzene rings is 1. The molecule has 1 amide bonds. The van der Waals surface area contributed by atoms with Crippen molar-refractivity contribution in [2.24, 2.45) is 0 Å². The van der Waals surface area contributed by atoms with Gasteiger partial charge in [0.1, 0.15) is 11.5 Å². The van der Waals surface area contributed by atoms with Crippen LogP contribution in [0.15, 0.2) is 22.7 Å². The maximum atomic E-state index is 12.2. The molecule has 0 fully saturated rings. The fourth-order valence-electron chi connectivity index (χ4n) is 2.21. The van der Waals surface area contributed by atoms with Crippen LogP contribution >= 0.6 is 0 Å². The summed E-state index contributed by atoms with van der Waals surface area (Å²) in [5.74, 6) is 0.483. The minimum Gasteiger partial charge on any atom is -0.506 e. The van der Waals surface area contributed by atoms with E-state index in [9.17, 15) is 9.90 Å². The molecule has 5 nitrogen and oxygen atoms in total. The molecule has 0 radical (unpaired) electrons. The van der Waals surface area contributed by atoms with E-state index in [1.807, 2.05) is 6.07 Å². The summed E-state index contributed by atoms with van der Waals surface area (Å²) in [5.41, 5.74) is 2.89. The summed E-state index contributed by atoms with van der Waals surface area (Å²) in [7, 11) is 0. The number of amides is 1. The molecule has 0 bridgehead atoms. The summed E-state index contributed by atoms with van der Waals surface area (Å²) >= 11 is 0. The van der Waals surface area contributed by atoms with Gasteiger partial charge < -0.3 is 14.9 Å². The van der Waals surface area contributed by atoms with Gasteiger partial charge in [0.2, 0.25) is 5.91 Å². The smallest absolute Gasteiger partial charge is 0.229 e. The van der Waals surface area contributed by atoms with E-state index in [0.717, 1.165) is 11.1 Å². The van der Waals surface area contributed by atoms with E-state index < -0.39 is 0 Å². The summed E-state index contributed by atoms with van der Waals surface area (Å²) in [5, 5.41) is 16.5. The summed E-state index contributed by atoms with van der Waals surface area (Å²) < 4.78 is 5.05. The number of hydrogen-bond donors (Lipinski definition) is 2. The van der Waals surface area contributed by atoms with Gasteiger partial charge in [0.05, 0.1) is 17.8 Å². The summed E-state index contributed by atoms with van der Waals surface area (Å²) in [6.45, 7) is 9.82. The van der Waals surface area contributed by atoms with Crippen molar-refractivity contribution < 1.29 is 14.4 Å². The van der Waals surface area contributed by atoms with Crippen molar-refractivity contribution in [3.05, 3.63) is 40.8 Å². The average molecular weight is 302 g/mol. The van der Waals surface area contributed by atoms with Crippen molar-refractivity contribution in [1.82, 2.24) is 5.16 Å². The third-order valence-corrected chi connectivity index (χ3v) is 3.66. The number of anilines is 1. The quantitative estimate of drug-likeness (QED) is 0.851. The zero-order valence-corrected chi connectivity index (χ0v) is 13.7. The highest BCUT2D eigenvalue weighted by atomic mass is 16.5. The Morgan fingerprint density at radius 1 is 1.32 bits per heavy atom. The summed E-state index contributed by atoms with van der Waals surface area (Å²) in [6, 6.07) is 5.27. The van der Waals surface area contributed by atoms with Crippen LogP contribution in [0.25, 0.3) is 0 Å². The van der Waals surface area contributed by atoms with E-state index in [4.69, 9.17) is 4.52 Å². The number of aromatic hydroxyl groups is 1. The molecule has 22 heavy (non-hydrogen) atoms. The number of nitrogens with one attached hydrogen (secondary N) is 1. The molecule has 0 unspecified atom stereocenters. The molecule has 0 saturated carbocycles. The van der Waals surface area contributed by atoms with Crippen molar-refractivity contribution in [2.75, 3.05) is 5.32 Å². The molecule has 0 aliphatic heterocycles. The van der Waals surface area contributed by atoms with E-state index in [1.165, 1.54) is 0 Å². The highest BCUT2D eigenvalue weighted by Crippen LogP contribution is 2.30. The lowest BCUT2D eigenvalue weighted by Crippen LogP contribution is -2.17. The van der Waals surface area contributed by atoms with Gasteiger partial charge in [-0.05, 0) is 37.0 Å². The molecule has 1 heterocycles. The molecule has 2 aromatic rings. The van der Waals surface area contributed by atoms with Gasteiger partial charge >= 0.3 is 0 Å². The minimum absolute atomic E-state index is 0.0557. The first-order chi connectivity index (χ1) is 10.2. The average Bonchev–Trinajstić information content (AvgIpc) is 2.72. The topological polar surface area (TPSA) is 75.4 Å². The number of phenols is 1. The molecular formula is C17H22N2O3. The predicted molar refractivity (Wildman–Crippen MR) is 85.1 cm³/mol. The number of rotatable bonds is 3. The molecule has 0 atom stereocenters. The van der Waals surface area contributed by atoms with Gasteiger partial charge in [-0.15, -0.1) is 0 Å². The third-order valence-electron chi connectivity index (χ3n) is 3.66. The second-order valence-corrected chi connectivity index (χ2v) is 6.51. The van der Waals surface area contributed by atoms with Crippen molar-refractivity contribution >= 4 is 11.6 Å². The predicted octanol–water partition coefficient (Wildman–Crippen LogP) is 3.48. The van der Waals surface area contributed by atoms with Crippen molar-refractivity contribution in [2.45, 2.75) is 46.5 Å². The largest absolute Gasteiger partial charge is 0.506 e. The first kappa shape index (κ1) is 16.1. The lowest BCUT2D eigenvalue weighted by Gasteiger charge is -2.20. The number of carbonyl (C=O) groups excluding carboxylic acids is 1. The molecule has 0 saturated heterocycles. The molecule has 2 rings (SSSR count). The van der Waals surface area contributed by atoms with Crippen molar-refractivity contribution in [1.29, 1.82) is 0 Å². The first-order valence-electron chi connectivity index (χ1n) is 7.23. The Hall–Kier alpha value is -2.30. The highest BCUT2D eigenvalue weighted by molar-refractivity contribution is 5.94. The van der Waals surface area contributed by atoms with Crippen LogP contribution in [0.3, 0.4) is 0 Å². The highest BCUT2D eigenvalue weighted by Gasteiger charge is 2.18. The van der Waals surface area contributed by atoms with Crippen molar-refractivity contribution in [3.8, 4) is 5.75 Å². The second kappa shape index (κ2) is 5.83. The number of carbonyl (C=O) groups is 1. The molecule has 0 aliphatic rings. The zero-order chi connectivity index (χ0) is 16.5. The monoisotopic (exact) mass is 302 g/mol. The van der Waals surface area contributed by atoms with E-state index in [2.05, 4.69) is 31.2 Å². The Bertz CT molecular complexity index is 677. The molecule has 5 heteroatoms. The maximum Gasteiger partial charge on any atom is 0.229 e. The number of hydrogen-bond acceptors (Lipinski definition) is 4. The van der Waals surface area contributed by atoms with Crippen LogP contribution in [0, 0.1) is 13.8 Å². The fourth-order valence-corrected chi connectivity index (χ4v) is 2.21. The molecule has 0 spiro atoms. The van der Waals surface area contributed by atoms with Gasteiger partial charge in [0.25, 0.3) is 0 Å². The van der Waals surface area contributed by atoms with Gasteiger partial charge in [0.15, 0.2) is 0 Å². The van der Waals surface area contributed by atoms with Gasteiger partial charge in [-0.1, -0.05) is 32.0 Å². The van der Waals surface area contributed by atoms with E-state index in [1.54, 1.807) is 26.0 Å². The zero-order valence-electron chi connectivity index (χ0n) is 13.7. The van der Waals surface area contributed by atoms with Gasteiger partial charge in [-0.25, -0.2) is 0 Å². The Morgan fingerprint density at radius 3 is 2.55 bits per heavy atom. The van der Waals surface area contributed by atoms with Crippen LogP contribution in [-0.2, 0) is 16.6 Å². The molecule has 1 aromatic heterocycles. The van der Waals surface area contributed by atoms with Gasteiger partial charge in [-0.2, -0.15) is 0 Å². The molecule has 118 valence electrons. The molecular weight excluding hydrogens is 280 g/mol. The standard InChI is InChI=1S/C17H22N2O3/c1-10-13(11(2)22-19-10)9-16(21)18-14-8-12(17(3,4)5)6-7-15(14)20/h6-8,20H,9H2,1-5H3,(H,18,21). The van der Waals surface area contributed by atoms with Crippen LogP contribution in [0.2, 0.25) is 0 Å². The van der Waals surface area contributed by atoms with Gasteiger partial charge in [0, 0.05) is 5.56 Å². The Morgan fingerprint density at radius 2 is 2.00 bits per heavy atom. The minimum atomic E-state index is -0.212. The number of aryl methyl sites for hydroxylation is 2. The van der Waals surface area contributed by atoms with Crippen LogP contribution in [0.1, 0.15) is 43.4 Å². The number of phenolic OH excluding ortho intramolecular Hbond substituents is 1. The summed E-state index contributed by atoms with van der Waals surface area (Å²) in [4.78, 5) is 12.2. The Kier molecular flexibility index (Phi) is 4.26. The number of nitrogens with zero attached hydrogens (tertiary/aromatic N) is 1. The molecule has 2 N–H and O–H groups in total. The second-order valence-electron chi connectivity index (χ2n) is 6.51. The normalized spacial score (nSPS) is 11.5. The third kappa shape index (κ3) is 3.47. The first-order valence-corrected chi connectivity index (χ1v) is 7.23. The fraction of sp³-hybridized carbons (Fsp3) is 0.412. The number of aromatic nitrogens is 1. The van der Waals surface area contributed by atoms with Crippen LogP contribution in [0.4, 0.5) is 5.69 Å². The van der Waals surface area contributed by atoms with E-state index in [-0.39, 0.29) is 23.5 Å². The Balaban J connectivity index is 2.18.